The molecule has 0 saturated carbocycles. The van der Waals surface area contributed by atoms with Crippen molar-refractivity contribution in [1.29, 1.82) is 0 Å². The predicted octanol–water partition coefficient (Wildman–Crippen LogP) is 3.63. The fourth-order valence-electron chi connectivity index (χ4n) is 2.65. The Hall–Kier alpha value is -1.01. The second-order valence-corrected chi connectivity index (χ2v) is 6.99. The first-order chi connectivity index (χ1) is 9.79. The molecule has 3 nitrogen and oxygen atoms in total. The fourth-order valence-corrected chi connectivity index (χ4v) is 4.91. The number of aliphatic imine (C=N–C) groups is 1. The van der Waals surface area contributed by atoms with Gasteiger partial charge in [-0.3, -0.25) is 4.99 Å². The molecule has 0 aliphatic carbocycles. The van der Waals surface area contributed by atoms with Gasteiger partial charge in [-0.25, -0.2) is 0 Å². The Morgan fingerprint density at radius 2 is 2.25 bits per heavy atom. The molecule has 2 aromatic rings. The standard InChI is InChI=1S/C14H11ClN2OS2/c15-10-2-1-9(13-8(10)3-6-19-13)12-11(7-18)20-14-16-4-5-17(12)14/h1-3,6,18H,4-5,7H2. The van der Waals surface area contributed by atoms with Crippen LogP contribution in [0.5, 0.6) is 0 Å². The Morgan fingerprint density at radius 3 is 3.10 bits per heavy atom. The van der Waals surface area contributed by atoms with Gasteiger partial charge in [-0.2, -0.15) is 0 Å². The molecule has 0 saturated heterocycles. The number of fused-ring (bicyclic) bond motifs is 2. The van der Waals surface area contributed by atoms with Gasteiger partial charge in [0.05, 0.1) is 18.8 Å². The van der Waals surface area contributed by atoms with Gasteiger partial charge in [0, 0.05) is 32.1 Å². The summed E-state index contributed by atoms with van der Waals surface area (Å²) in [6, 6.07) is 6.03. The van der Waals surface area contributed by atoms with E-state index in [1.807, 2.05) is 18.2 Å². The molecule has 1 aromatic carbocycles. The first-order valence-electron chi connectivity index (χ1n) is 6.29. The van der Waals surface area contributed by atoms with Gasteiger partial charge < -0.3 is 10.0 Å². The largest absolute Gasteiger partial charge is 0.391 e. The molecule has 0 radical (unpaired) electrons. The number of halogens is 1. The third kappa shape index (κ3) is 1.74. The van der Waals surface area contributed by atoms with E-state index in [1.165, 1.54) is 4.70 Å². The molecular formula is C14H11ClN2OS2. The molecule has 0 atom stereocenters. The lowest BCUT2D eigenvalue weighted by atomic mass is 10.1. The molecule has 0 bridgehead atoms. The number of nitrogens with zero attached hydrogens (tertiary/aromatic N) is 2. The van der Waals surface area contributed by atoms with E-state index in [0.29, 0.717) is 0 Å². The van der Waals surface area contributed by atoms with Crippen molar-refractivity contribution >= 4 is 55.7 Å². The number of aliphatic hydroxyl groups is 1. The van der Waals surface area contributed by atoms with E-state index in [-0.39, 0.29) is 6.61 Å². The van der Waals surface area contributed by atoms with Crippen LogP contribution < -0.4 is 0 Å². The molecular weight excluding hydrogens is 312 g/mol. The lowest BCUT2D eigenvalue weighted by Gasteiger charge is -2.18. The monoisotopic (exact) mass is 322 g/mol. The molecule has 0 amide bonds. The van der Waals surface area contributed by atoms with Crippen LogP contribution in [0.1, 0.15) is 5.56 Å². The van der Waals surface area contributed by atoms with E-state index in [2.05, 4.69) is 15.3 Å². The van der Waals surface area contributed by atoms with Crippen molar-refractivity contribution in [3.63, 3.8) is 0 Å². The summed E-state index contributed by atoms with van der Waals surface area (Å²) in [4.78, 5) is 7.67. The molecule has 2 aliphatic rings. The molecule has 20 heavy (non-hydrogen) atoms. The topological polar surface area (TPSA) is 35.8 Å². The van der Waals surface area contributed by atoms with Crippen molar-refractivity contribution < 1.29 is 5.11 Å². The molecule has 4 rings (SSSR count). The van der Waals surface area contributed by atoms with E-state index in [9.17, 15) is 5.11 Å². The Kier molecular flexibility index (Phi) is 3.03. The molecule has 3 heterocycles. The van der Waals surface area contributed by atoms with Gasteiger partial charge in [-0.1, -0.05) is 23.4 Å². The molecule has 2 aliphatic heterocycles. The Balaban J connectivity index is 1.96. The Labute approximate surface area is 129 Å². The van der Waals surface area contributed by atoms with Crippen molar-refractivity contribution in [1.82, 2.24) is 4.90 Å². The third-order valence-corrected chi connectivity index (χ3v) is 5.89. The summed E-state index contributed by atoms with van der Waals surface area (Å²) in [5, 5.41) is 14.6. The van der Waals surface area contributed by atoms with Gasteiger partial charge in [0.25, 0.3) is 0 Å². The van der Waals surface area contributed by atoms with E-state index in [0.717, 1.165) is 44.8 Å². The summed E-state index contributed by atoms with van der Waals surface area (Å²) in [5.41, 5.74) is 2.24. The second-order valence-electron chi connectivity index (χ2n) is 4.61. The van der Waals surface area contributed by atoms with Gasteiger partial charge in [-0.15, -0.1) is 11.3 Å². The molecule has 6 heteroatoms. The van der Waals surface area contributed by atoms with Crippen LogP contribution in [0.2, 0.25) is 5.02 Å². The van der Waals surface area contributed by atoms with Crippen molar-refractivity contribution in [3.05, 3.63) is 39.1 Å². The summed E-state index contributed by atoms with van der Waals surface area (Å²) in [5.74, 6) is 0. The molecule has 0 unspecified atom stereocenters. The highest BCUT2D eigenvalue weighted by Gasteiger charge is 2.33. The van der Waals surface area contributed by atoms with E-state index in [4.69, 9.17) is 11.6 Å². The summed E-state index contributed by atoms with van der Waals surface area (Å²) < 4.78 is 1.17. The Bertz CT molecular complexity index is 766. The smallest absolute Gasteiger partial charge is 0.168 e. The van der Waals surface area contributed by atoms with Crippen LogP contribution in [0.4, 0.5) is 0 Å². The molecule has 1 aromatic heterocycles. The number of rotatable bonds is 2. The van der Waals surface area contributed by atoms with Crippen molar-refractivity contribution in [2.45, 2.75) is 0 Å². The Morgan fingerprint density at radius 1 is 1.35 bits per heavy atom. The van der Waals surface area contributed by atoms with E-state index < -0.39 is 0 Å². The van der Waals surface area contributed by atoms with Gasteiger partial charge >= 0.3 is 0 Å². The maximum Gasteiger partial charge on any atom is 0.168 e. The van der Waals surface area contributed by atoms with Crippen LogP contribution in [0.3, 0.4) is 0 Å². The first kappa shape index (κ1) is 12.7. The van der Waals surface area contributed by atoms with Gasteiger partial charge in [0.1, 0.15) is 0 Å². The van der Waals surface area contributed by atoms with Crippen LogP contribution in [0, 0.1) is 0 Å². The summed E-state index contributed by atoms with van der Waals surface area (Å²) in [6.45, 7) is 1.76. The maximum atomic E-state index is 9.65. The lowest BCUT2D eigenvalue weighted by molar-refractivity contribution is 0.339. The average Bonchev–Trinajstić information content (AvgIpc) is 3.14. The van der Waals surface area contributed by atoms with Crippen LogP contribution in [-0.4, -0.2) is 34.9 Å². The lowest BCUT2D eigenvalue weighted by Crippen LogP contribution is -2.20. The number of thiophene rings is 1. The molecule has 0 fully saturated rings. The van der Waals surface area contributed by atoms with E-state index >= 15 is 0 Å². The van der Waals surface area contributed by atoms with Crippen LogP contribution in [0.15, 0.2) is 33.5 Å². The van der Waals surface area contributed by atoms with Crippen LogP contribution in [-0.2, 0) is 0 Å². The number of amidine groups is 1. The van der Waals surface area contributed by atoms with Crippen molar-refractivity contribution in [3.8, 4) is 0 Å². The van der Waals surface area contributed by atoms with Crippen LogP contribution >= 0.6 is 34.7 Å². The zero-order valence-corrected chi connectivity index (χ0v) is 12.9. The third-order valence-electron chi connectivity index (χ3n) is 3.51. The fraction of sp³-hybridized carbons (Fsp3) is 0.214. The van der Waals surface area contributed by atoms with Crippen molar-refractivity contribution in [2.24, 2.45) is 4.99 Å². The molecule has 1 N–H and O–H groups in total. The average molecular weight is 323 g/mol. The number of hydrogen-bond donors (Lipinski definition) is 1. The highest BCUT2D eigenvalue weighted by molar-refractivity contribution is 8.17. The second kappa shape index (κ2) is 4.77. The van der Waals surface area contributed by atoms with Crippen LogP contribution in [0.25, 0.3) is 15.8 Å². The number of thioether (sulfide) groups is 1. The minimum atomic E-state index is 0.0466. The number of aliphatic hydroxyl groups excluding tert-OH is 1. The number of hydrogen-bond acceptors (Lipinski definition) is 5. The normalized spacial score (nSPS) is 18.1. The zero-order chi connectivity index (χ0) is 13.7. The van der Waals surface area contributed by atoms with Gasteiger partial charge in [0.15, 0.2) is 5.17 Å². The van der Waals surface area contributed by atoms with E-state index in [1.54, 1.807) is 23.1 Å². The quantitative estimate of drug-likeness (QED) is 0.917. The SMILES string of the molecule is OCC1=C(c2ccc(Cl)c3ccsc23)N2CCN=C2S1. The first-order valence-corrected chi connectivity index (χ1v) is 8.37. The summed E-state index contributed by atoms with van der Waals surface area (Å²) in [6.07, 6.45) is 0. The molecule has 102 valence electrons. The summed E-state index contributed by atoms with van der Waals surface area (Å²) >= 11 is 9.52. The predicted molar refractivity (Wildman–Crippen MR) is 87.4 cm³/mol. The molecule has 0 spiro atoms. The minimum Gasteiger partial charge on any atom is -0.391 e. The zero-order valence-electron chi connectivity index (χ0n) is 10.5. The van der Waals surface area contributed by atoms with Gasteiger partial charge in [-0.05, 0) is 23.6 Å². The van der Waals surface area contributed by atoms with Gasteiger partial charge in [0.2, 0.25) is 0 Å². The highest BCUT2D eigenvalue weighted by Crippen LogP contribution is 2.45. The minimum absolute atomic E-state index is 0.0466. The maximum absolute atomic E-state index is 9.65. The van der Waals surface area contributed by atoms with Crippen molar-refractivity contribution in [2.75, 3.05) is 19.7 Å². The highest BCUT2D eigenvalue weighted by atomic mass is 35.5. The number of benzene rings is 1. The summed E-state index contributed by atoms with van der Waals surface area (Å²) in [7, 11) is 0.